The second-order valence-corrected chi connectivity index (χ2v) is 20.6. The van der Waals surface area contributed by atoms with Crippen LogP contribution < -0.4 is 0 Å². The lowest BCUT2D eigenvalue weighted by molar-refractivity contribution is 0.509. The molecule has 0 radical (unpaired) electrons. The molecule has 0 spiro atoms. The predicted octanol–water partition coefficient (Wildman–Crippen LogP) is -1.31. The van der Waals surface area contributed by atoms with Gasteiger partial charge in [-0.3, -0.25) is 0 Å². The average molecular weight is 867 g/mol. The highest BCUT2D eigenvalue weighted by molar-refractivity contribution is 7.88. The number of hydrogen-bond donors (Lipinski definition) is 0. The van der Waals surface area contributed by atoms with Crippen molar-refractivity contribution in [3.05, 3.63) is 107 Å². The molecule has 58 heavy (non-hydrogen) atoms. The second kappa shape index (κ2) is 16.4. The van der Waals surface area contributed by atoms with Crippen molar-refractivity contribution in [2.45, 2.75) is 0 Å². The summed E-state index contributed by atoms with van der Waals surface area (Å²) in [6.45, 7) is 0. The first-order valence-electron chi connectivity index (χ1n) is 16.2. The summed E-state index contributed by atoms with van der Waals surface area (Å²) in [7, 11) is -4.63. The summed E-state index contributed by atoms with van der Waals surface area (Å²) in [6.07, 6.45) is 9.26. The maximum Gasteiger partial charge on any atom is 0.308 e. The summed E-state index contributed by atoms with van der Waals surface area (Å²) in [5.74, 6) is 23.0. The van der Waals surface area contributed by atoms with Crippen LogP contribution >= 0.6 is 0 Å². The van der Waals surface area contributed by atoms with Gasteiger partial charge in [-0.2, -0.15) is 50.9 Å². The number of nitrogens with zero attached hydrogens (tertiary/aromatic N) is 12. The van der Waals surface area contributed by atoms with Crippen molar-refractivity contribution in [2.75, 3.05) is 56.4 Å². The summed E-state index contributed by atoms with van der Waals surface area (Å²) in [4.78, 5) is 16.4. The Labute approximate surface area is 337 Å². The van der Waals surface area contributed by atoms with Gasteiger partial charge in [0.2, 0.25) is 0 Å². The molecule has 0 amide bonds. The quantitative estimate of drug-likeness (QED) is 0.166. The summed E-state index contributed by atoms with van der Waals surface area (Å²) in [5.41, 5.74) is 1.33. The fraction of sp³-hybridized carbons (Fsp3) is 0.235. The van der Waals surface area contributed by atoms with Crippen LogP contribution in [-0.4, -0.2) is 143 Å². The van der Waals surface area contributed by atoms with Gasteiger partial charge >= 0.3 is 40.8 Å². The van der Waals surface area contributed by atoms with Crippen molar-refractivity contribution in [2.24, 2.45) is 0 Å². The molecule has 4 aromatic heterocycles. The first-order valence-corrected chi connectivity index (χ1v) is 21.8. The molecule has 20 nitrogen and oxygen atoms in total. The Morgan fingerprint density at radius 3 is 0.724 bits per heavy atom. The fourth-order valence-electron chi connectivity index (χ4n) is 4.28. The molecule has 5 aromatic rings. The van der Waals surface area contributed by atoms with Crippen LogP contribution in [0.15, 0.2) is 62.2 Å². The van der Waals surface area contributed by atoms with E-state index in [9.17, 15) is 33.7 Å². The van der Waals surface area contributed by atoms with Crippen LogP contribution in [0.1, 0.15) is 45.0 Å². The van der Waals surface area contributed by atoms with E-state index >= 15 is 0 Å². The smallest absolute Gasteiger partial charge is 0.227 e. The van der Waals surface area contributed by atoms with Gasteiger partial charge in [-0.15, -0.1) is 0 Å². The van der Waals surface area contributed by atoms with Gasteiger partial charge in [0.15, 0.2) is 0 Å². The molecule has 24 heteroatoms. The van der Waals surface area contributed by atoms with E-state index in [-0.39, 0.29) is 45.0 Å². The van der Waals surface area contributed by atoms with Crippen molar-refractivity contribution >= 4 is 40.8 Å². The predicted molar refractivity (Wildman–Crippen MR) is 211 cm³/mol. The molecule has 0 bridgehead atoms. The molecule has 0 aliphatic heterocycles. The molecule has 0 fully saturated rings. The van der Waals surface area contributed by atoms with E-state index in [0.29, 0.717) is 0 Å². The largest absolute Gasteiger partial charge is 0.308 e. The van der Waals surface area contributed by atoms with Gasteiger partial charge < -0.3 is 0 Å². The Hall–Kier alpha value is -6.06. The lowest BCUT2D eigenvalue weighted by Gasteiger charge is -2.10. The van der Waals surface area contributed by atoms with E-state index in [1.54, 1.807) is 0 Å². The van der Waals surface area contributed by atoms with Gasteiger partial charge in [-0.25, -0.2) is 35.8 Å². The molecule has 0 unspecified atom stereocenters. The highest BCUT2D eigenvalue weighted by Crippen LogP contribution is 2.17. The fourth-order valence-corrected chi connectivity index (χ4v) is 7.39. The summed E-state index contributed by atoms with van der Waals surface area (Å²) in [6, 6.07) is 3.05. The maximum absolute atomic E-state index is 12.6. The first kappa shape index (κ1) is 43.1. The van der Waals surface area contributed by atoms with Crippen LogP contribution in [0.25, 0.3) is 0 Å². The van der Waals surface area contributed by atoms with Crippen LogP contribution in [0.4, 0.5) is 0 Å². The zero-order chi connectivity index (χ0) is 42.8. The Kier molecular flexibility index (Phi) is 12.2. The summed E-state index contributed by atoms with van der Waals surface area (Å²) >= 11 is 0. The van der Waals surface area contributed by atoms with Crippen molar-refractivity contribution < 1.29 is 33.7 Å². The van der Waals surface area contributed by atoms with Crippen LogP contribution in [-0.2, 0) is 40.8 Å². The van der Waals surface area contributed by atoms with E-state index in [1.807, 2.05) is 0 Å². The Balaban J connectivity index is 1.71. The normalized spacial score (nSPS) is 12.1. The third-order valence-electron chi connectivity index (χ3n) is 7.61. The van der Waals surface area contributed by atoms with Gasteiger partial charge in [0.05, 0.1) is 24.8 Å². The molecule has 0 saturated heterocycles. The average Bonchev–Trinajstić information content (AvgIpc) is 3.99. The van der Waals surface area contributed by atoms with Crippen molar-refractivity contribution in [3.8, 4) is 47.4 Å². The lowest BCUT2D eigenvalue weighted by atomic mass is 9.98. The topological polar surface area (TPSA) is 221 Å². The van der Waals surface area contributed by atoms with E-state index in [2.05, 4.69) is 67.3 Å². The molecular weight excluding hydrogens is 833 g/mol. The van der Waals surface area contributed by atoms with Crippen molar-refractivity contribution in [1.82, 2.24) is 53.0 Å². The maximum atomic E-state index is 12.6. The lowest BCUT2D eigenvalue weighted by Crippen LogP contribution is -2.27. The van der Waals surface area contributed by atoms with Crippen LogP contribution in [0.3, 0.4) is 0 Å². The summed E-state index contributed by atoms with van der Waals surface area (Å²) < 4.78 is 109. The number of hydrogen-bond acceptors (Lipinski definition) is 12. The molecule has 0 aliphatic rings. The number of benzene rings is 1. The van der Waals surface area contributed by atoms with E-state index in [1.165, 1.54) is 93.3 Å². The number of imidazole rings is 4. The van der Waals surface area contributed by atoms with Gasteiger partial charge in [0.1, 0.15) is 48.1 Å². The minimum atomic E-state index is -3.88. The first-order chi connectivity index (χ1) is 27.0. The van der Waals surface area contributed by atoms with Gasteiger partial charge in [-0.1, -0.05) is 23.7 Å². The van der Waals surface area contributed by atoms with E-state index in [4.69, 9.17) is 0 Å². The highest BCUT2D eigenvalue weighted by Gasteiger charge is 2.19. The minimum absolute atomic E-state index is 0.0874. The minimum Gasteiger partial charge on any atom is -0.227 e. The van der Waals surface area contributed by atoms with Gasteiger partial charge in [0.25, 0.3) is 0 Å². The molecule has 0 saturated carbocycles. The van der Waals surface area contributed by atoms with E-state index < -0.39 is 40.8 Å². The molecule has 1 aromatic carbocycles. The molecule has 0 atom stereocenters. The SMILES string of the molecule is CN(C)S(=O)(=O)n1cnc(C#Cc2cc(C#Cc3cn(S(=O)(=O)N(C)C)cn3)c(C#Cc3cn(S(=O)(=O)N(C)C)cn3)cc2C#Cc2cn(S(=O)(=O)N(C)C)cn2)c1. The van der Waals surface area contributed by atoms with Crippen molar-refractivity contribution in [1.29, 1.82) is 0 Å². The zero-order valence-electron chi connectivity index (χ0n) is 32.0. The van der Waals surface area contributed by atoms with Crippen LogP contribution in [0.5, 0.6) is 0 Å². The highest BCUT2D eigenvalue weighted by atomic mass is 32.2. The Morgan fingerprint density at radius 1 is 0.362 bits per heavy atom. The molecule has 302 valence electrons. The van der Waals surface area contributed by atoms with Gasteiger partial charge in [-0.05, 0) is 35.8 Å². The third-order valence-corrected chi connectivity index (χ3v) is 14.2. The Bertz CT molecular complexity index is 2710. The standard InChI is InChI=1S/C34H34N12O8S4/c1-39(2)55(47,48)43-19-31(35-23-43)13-9-27-17-29(11-15-33-21-45(25-37-33)57(51,52)41(5)6)30(12-16-34-22-46(26-38-34)58(53,54)42(7)8)18-28(27)10-14-32-20-44(24-36-32)56(49,50)40(3)4/h17-26H,1-8H3. The molecule has 0 aliphatic carbocycles. The zero-order valence-corrected chi connectivity index (χ0v) is 35.3. The van der Waals surface area contributed by atoms with Crippen LogP contribution in [0.2, 0.25) is 0 Å². The molecule has 0 N–H and O–H groups in total. The molecule has 4 heterocycles. The van der Waals surface area contributed by atoms with Crippen molar-refractivity contribution in [3.63, 3.8) is 0 Å². The monoisotopic (exact) mass is 866 g/mol. The van der Waals surface area contributed by atoms with Crippen LogP contribution in [0, 0.1) is 47.4 Å². The second-order valence-electron chi connectivity index (χ2n) is 12.5. The number of aromatic nitrogens is 8. The third kappa shape index (κ3) is 9.21. The molecular formula is C34H34N12O8S4. The van der Waals surface area contributed by atoms with E-state index in [0.717, 1.165) is 58.4 Å². The summed E-state index contributed by atoms with van der Waals surface area (Å²) in [5, 5.41) is 0. The van der Waals surface area contributed by atoms with Gasteiger partial charge in [0, 0.05) is 78.6 Å². The number of rotatable bonds is 8. The Morgan fingerprint density at radius 2 is 0.552 bits per heavy atom. The molecule has 5 rings (SSSR count).